The summed E-state index contributed by atoms with van der Waals surface area (Å²) in [7, 11) is 0. The normalized spacial score (nSPS) is 12.5. The molecule has 0 bridgehead atoms. The monoisotopic (exact) mass is 285 g/mol. The molecule has 3 rings (SSSR count). The molecule has 1 heterocycles. The van der Waals surface area contributed by atoms with Gasteiger partial charge in [0.05, 0.1) is 17.3 Å². The molecule has 0 fully saturated rings. The number of nitrogens with two attached hydrogens (primary N) is 1. The van der Waals surface area contributed by atoms with Gasteiger partial charge in [-0.05, 0) is 24.3 Å². The van der Waals surface area contributed by atoms with Gasteiger partial charge in [-0.2, -0.15) is 0 Å². The minimum atomic E-state index is -0.851. The molecule has 0 spiro atoms. The van der Waals surface area contributed by atoms with Crippen molar-refractivity contribution in [2.45, 2.75) is 6.04 Å². The van der Waals surface area contributed by atoms with Gasteiger partial charge in [0, 0.05) is 10.9 Å². The van der Waals surface area contributed by atoms with Crippen LogP contribution in [0.2, 0.25) is 0 Å². The molecule has 3 N–H and O–H groups in total. The second-order valence-corrected chi connectivity index (χ2v) is 4.66. The molecule has 0 radical (unpaired) electrons. The fourth-order valence-electron chi connectivity index (χ4n) is 2.35. The summed E-state index contributed by atoms with van der Waals surface area (Å²) in [4.78, 5) is 4.43. The summed E-state index contributed by atoms with van der Waals surface area (Å²) in [5.41, 5.74) is 3.50. The van der Waals surface area contributed by atoms with Crippen LogP contribution in [-0.2, 0) is 0 Å². The quantitative estimate of drug-likeness (QED) is 0.574. The Bertz CT molecular complexity index is 769. The smallest absolute Gasteiger partial charge is 0.131 e. The van der Waals surface area contributed by atoms with Crippen molar-refractivity contribution in [3.63, 3.8) is 0 Å². The van der Waals surface area contributed by atoms with Gasteiger partial charge in [-0.3, -0.25) is 10.8 Å². The average molecular weight is 285 g/mol. The van der Waals surface area contributed by atoms with Gasteiger partial charge in [-0.15, -0.1) is 0 Å². The maximum absolute atomic E-state index is 13.9. The molecule has 1 aromatic heterocycles. The highest BCUT2D eigenvalue weighted by atomic mass is 19.1. The molecule has 0 aliphatic heterocycles. The second-order valence-electron chi connectivity index (χ2n) is 4.66. The van der Waals surface area contributed by atoms with E-state index in [1.54, 1.807) is 6.07 Å². The first-order valence-corrected chi connectivity index (χ1v) is 6.46. The molecule has 1 unspecified atom stereocenters. The predicted molar refractivity (Wildman–Crippen MR) is 77.3 cm³/mol. The van der Waals surface area contributed by atoms with Crippen LogP contribution < -0.4 is 11.3 Å². The molecule has 0 saturated heterocycles. The fraction of sp³-hybridized carbons (Fsp3) is 0.0625. The standard InChI is InChI=1S/C16H13F2N3/c17-11-5-3-6-12(18)15(11)16(21-19)14-9-8-10-4-1-2-7-13(10)20-14/h1-9,16,21H,19H2. The lowest BCUT2D eigenvalue weighted by Crippen LogP contribution is -2.31. The molecule has 0 aliphatic rings. The van der Waals surface area contributed by atoms with Crippen molar-refractivity contribution in [2.75, 3.05) is 0 Å². The number of hydrazine groups is 1. The van der Waals surface area contributed by atoms with Gasteiger partial charge in [0.25, 0.3) is 0 Å². The third kappa shape index (κ3) is 2.49. The van der Waals surface area contributed by atoms with Crippen molar-refractivity contribution >= 4 is 10.9 Å². The highest BCUT2D eigenvalue weighted by Gasteiger charge is 2.22. The number of nitrogens with one attached hydrogen (secondary N) is 1. The van der Waals surface area contributed by atoms with E-state index in [2.05, 4.69) is 10.4 Å². The molecule has 3 aromatic rings. The average Bonchev–Trinajstić information content (AvgIpc) is 2.50. The fourth-order valence-corrected chi connectivity index (χ4v) is 2.35. The number of halogens is 2. The van der Waals surface area contributed by atoms with Crippen LogP contribution in [0, 0.1) is 11.6 Å². The number of aromatic nitrogens is 1. The van der Waals surface area contributed by atoms with E-state index in [0.717, 1.165) is 10.9 Å². The van der Waals surface area contributed by atoms with Crippen LogP contribution in [0.4, 0.5) is 8.78 Å². The Balaban J connectivity index is 2.14. The predicted octanol–water partition coefficient (Wildman–Crippen LogP) is 3.07. The summed E-state index contributed by atoms with van der Waals surface area (Å²) in [6.45, 7) is 0. The number of fused-ring (bicyclic) bond motifs is 1. The Hall–Kier alpha value is -2.37. The molecular formula is C16H13F2N3. The minimum Gasteiger partial charge on any atom is -0.271 e. The summed E-state index contributed by atoms with van der Waals surface area (Å²) in [6.07, 6.45) is 0. The van der Waals surface area contributed by atoms with Crippen LogP contribution in [0.5, 0.6) is 0 Å². The van der Waals surface area contributed by atoms with Crippen molar-refractivity contribution in [1.82, 2.24) is 10.4 Å². The first-order chi connectivity index (χ1) is 10.2. The Morgan fingerprint density at radius 1 is 0.905 bits per heavy atom. The number of rotatable bonds is 3. The van der Waals surface area contributed by atoms with E-state index in [1.807, 2.05) is 30.3 Å². The van der Waals surface area contributed by atoms with Gasteiger partial charge in [-0.25, -0.2) is 14.2 Å². The zero-order valence-corrected chi connectivity index (χ0v) is 11.1. The molecule has 0 saturated carbocycles. The van der Waals surface area contributed by atoms with E-state index >= 15 is 0 Å². The Morgan fingerprint density at radius 2 is 1.62 bits per heavy atom. The summed E-state index contributed by atoms with van der Waals surface area (Å²) in [5, 5.41) is 0.950. The SMILES string of the molecule is NNC(c1ccc2ccccc2n1)c1c(F)cccc1F. The van der Waals surface area contributed by atoms with Gasteiger partial charge in [0.2, 0.25) is 0 Å². The number of benzene rings is 2. The molecule has 5 heteroatoms. The molecule has 106 valence electrons. The van der Waals surface area contributed by atoms with Gasteiger partial charge in [0.15, 0.2) is 0 Å². The van der Waals surface area contributed by atoms with Crippen molar-refractivity contribution < 1.29 is 8.78 Å². The van der Waals surface area contributed by atoms with Crippen LogP contribution >= 0.6 is 0 Å². The van der Waals surface area contributed by atoms with E-state index < -0.39 is 17.7 Å². The zero-order chi connectivity index (χ0) is 14.8. The van der Waals surface area contributed by atoms with Crippen molar-refractivity contribution in [1.29, 1.82) is 0 Å². The van der Waals surface area contributed by atoms with E-state index in [9.17, 15) is 8.78 Å². The zero-order valence-electron chi connectivity index (χ0n) is 11.1. The summed E-state index contributed by atoms with van der Waals surface area (Å²) in [5.74, 6) is 4.18. The van der Waals surface area contributed by atoms with Gasteiger partial charge in [-0.1, -0.05) is 30.3 Å². The van der Waals surface area contributed by atoms with Crippen molar-refractivity contribution in [3.05, 3.63) is 77.5 Å². The first kappa shape index (κ1) is 13.6. The van der Waals surface area contributed by atoms with E-state index in [0.29, 0.717) is 5.69 Å². The Morgan fingerprint density at radius 3 is 2.33 bits per heavy atom. The van der Waals surface area contributed by atoms with Crippen LogP contribution in [0.25, 0.3) is 10.9 Å². The lowest BCUT2D eigenvalue weighted by Gasteiger charge is -2.17. The number of hydrogen-bond acceptors (Lipinski definition) is 3. The number of pyridine rings is 1. The van der Waals surface area contributed by atoms with Gasteiger partial charge in [0.1, 0.15) is 11.6 Å². The first-order valence-electron chi connectivity index (χ1n) is 6.46. The molecule has 0 aliphatic carbocycles. The van der Waals surface area contributed by atoms with Crippen LogP contribution in [0.1, 0.15) is 17.3 Å². The van der Waals surface area contributed by atoms with Crippen LogP contribution in [-0.4, -0.2) is 4.98 Å². The third-order valence-electron chi connectivity index (χ3n) is 3.37. The van der Waals surface area contributed by atoms with Crippen LogP contribution in [0.15, 0.2) is 54.6 Å². The molecule has 3 nitrogen and oxygen atoms in total. The largest absolute Gasteiger partial charge is 0.271 e. The van der Waals surface area contributed by atoms with Crippen LogP contribution in [0.3, 0.4) is 0 Å². The second kappa shape index (κ2) is 5.55. The number of hydrogen-bond donors (Lipinski definition) is 2. The minimum absolute atomic E-state index is 0.136. The number of nitrogens with zero attached hydrogens (tertiary/aromatic N) is 1. The lowest BCUT2D eigenvalue weighted by molar-refractivity contribution is 0.506. The molecule has 1 atom stereocenters. The summed E-state index contributed by atoms with van der Waals surface area (Å²) in [6, 6.07) is 13.9. The Labute approximate surface area is 120 Å². The van der Waals surface area contributed by atoms with E-state index in [-0.39, 0.29) is 5.56 Å². The van der Waals surface area contributed by atoms with E-state index in [4.69, 9.17) is 5.84 Å². The van der Waals surface area contributed by atoms with Gasteiger partial charge < -0.3 is 0 Å². The van der Waals surface area contributed by atoms with Crippen molar-refractivity contribution in [3.8, 4) is 0 Å². The maximum Gasteiger partial charge on any atom is 0.131 e. The molecule has 2 aromatic carbocycles. The summed E-state index contributed by atoms with van der Waals surface area (Å²) < 4.78 is 27.8. The highest BCUT2D eigenvalue weighted by molar-refractivity contribution is 5.78. The topological polar surface area (TPSA) is 50.9 Å². The van der Waals surface area contributed by atoms with Gasteiger partial charge >= 0.3 is 0 Å². The highest BCUT2D eigenvalue weighted by Crippen LogP contribution is 2.26. The molecule has 0 amide bonds. The Kier molecular flexibility index (Phi) is 3.60. The molecule has 21 heavy (non-hydrogen) atoms. The van der Waals surface area contributed by atoms with E-state index in [1.165, 1.54) is 18.2 Å². The van der Waals surface area contributed by atoms with Crippen molar-refractivity contribution in [2.24, 2.45) is 5.84 Å². The number of para-hydroxylation sites is 1. The molecular weight excluding hydrogens is 272 g/mol. The lowest BCUT2D eigenvalue weighted by atomic mass is 10.0. The summed E-state index contributed by atoms with van der Waals surface area (Å²) >= 11 is 0. The third-order valence-corrected chi connectivity index (χ3v) is 3.37. The maximum atomic E-state index is 13.9.